The van der Waals surface area contributed by atoms with Crippen molar-refractivity contribution in [1.29, 1.82) is 0 Å². The van der Waals surface area contributed by atoms with Crippen LogP contribution in [0.15, 0.2) is 47.4 Å². The number of hydrogen-bond donors (Lipinski definition) is 0. The lowest BCUT2D eigenvalue weighted by Crippen LogP contribution is -2.51. The van der Waals surface area contributed by atoms with Crippen LogP contribution in [0.4, 0.5) is 18.0 Å². The maximum absolute atomic E-state index is 15.0. The first-order chi connectivity index (χ1) is 20.0. The zero-order valence-electron chi connectivity index (χ0n) is 23.7. The van der Waals surface area contributed by atoms with E-state index in [1.807, 2.05) is 0 Å². The fourth-order valence-corrected chi connectivity index (χ4v) is 8.37. The van der Waals surface area contributed by atoms with Crippen molar-refractivity contribution in [3.63, 3.8) is 0 Å². The van der Waals surface area contributed by atoms with Gasteiger partial charge in [0.25, 0.3) is 0 Å². The summed E-state index contributed by atoms with van der Waals surface area (Å²) in [5.74, 6) is -2.15. The molecule has 5 rings (SSSR count). The van der Waals surface area contributed by atoms with E-state index in [-0.39, 0.29) is 29.5 Å². The quantitative estimate of drug-likeness (QED) is 0.375. The van der Waals surface area contributed by atoms with Gasteiger partial charge < -0.3 is 14.5 Å². The molecule has 12 heteroatoms. The summed E-state index contributed by atoms with van der Waals surface area (Å²) in [4.78, 5) is 16.9. The van der Waals surface area contributed by atoms with E-state index in [1.165, 1.54) is 40.7 Å². The predicted molar refractivity (Wildman–Crippen MR) is 153 cm³/mol. The third-order valence-electron chi connectivity index (χ3n) is 8.89. The number of sulfonamides is 1. The van der Waals surface area contributed by atoms with E-state index in [9.17, 15) is 26.4 Å². The van der Waals surface area contributed by atoms with E-state index < -0.39 is 45.5 Å². The highest BCUT2D eigenvalue weighted by molar-refractivity contribution is 7.89. The Hall–Kier alpha value is -2.34. The second kappa shape index (κ2) is 12.7. The number of benzene rings is 2. The van der Waals surface area contributed by atoms with Gasteiger partial charge in [-0.2, -0.15) is 4.31 Å². The highest BCUT2D eigenvalue weighted by Gasteiger charge is 2.43. The number of ether oxygens (including phenoxy) is 1. The fourth-order valence-electron chi connectivity index (χ4n) is 6.40. The van der Waals surface area contributed by atoms with Gasteiger partial charge in [0.2, 0.25) is 10.0 Å². The summed E-state index contributed by atoms with van der Waals surface area (Å²) < 4.78 is 78.1. The number of rotatable bonds is 6. The van der Waals surface area contributed by atoms with Gasteiger partial charge in [0, 0.05) is 42.8 Å². The molecule has 3 heterocycles. The van der Waals surface area contributed by atoms with E-state index in [4.69, 9.17) is 16.3 Å². The summed E-state index contributed by atoms with van der Waals surface area (Å²) in [6.45, 7) is 3.81. The third-order valence-corrected chi connectivity index (χ3v) is 11.1. The summed E-state index contributed by atoms with van der Waals surface area (Å²) in [5, 5.41) is 0.357. The molecule has 7 nitrogen and oxygen atoms in total. The summed E-state index contributed by atoms with van der Waals surface area (Å²) >= 11 is 5.98. The standard InChI is InChI=1S/C30H37ClF3N3O4S/c1-30(34)14-18-35(19-15-30)22-12-16-36(17-13-22)29(38)41-20-23-4-2-7-27(25-5-3-6-26(32)28(25)33)37(23)42(39,40)24-10-8-21(31)9-11-24/h3,5-6,8-11,22-23,27H,2,4,7,12-20H2,1H3/t23-,27?/m1/s1. The second-order valence-corrected chi connectivity index (χ2v) is 14.1. The fraction of sp³-hybridized carbons (Fsp3) is 0.567. The molecule has 42 heavy (non-hydrogen) atoms. The van der Waals surface area contributed by atoms with Gasteiger partial charge in [-0.1, -0.05) is 23.7 Å². The van der Waals surface area contributed by atoms with Gasteiger partial charge in [-0.3, -0.25) is 0 Å². The first-order valence-electron chi connectivity index (χ1n) is 14.5. The van der Waals surface area contributed by atoms with Crippen LogP contribution >= 0.6 is 11.6 Å². The normalized spacial score (nSPS) is 24.5. The Bertz CT molecular complexity index is 1360. The Labute approximate surface area is 250 Å². The monoisotopic (exact) mass is 627 g/mol. The summed E-state index contributed by atoms with van der Waals surface area (Å²) in [6, 6.07) is 7.91. The highest BCUT2D eigenvalue weighted by atomic mass is 35.5. The lowest BCUT2D eigenvalue weighted by molar-refractivity contribution is 0.0225. The third kappa shape index (κ3) is 6.74. The van der Waals surface area contributed by atoms with Crippen molar-refractivity contribution in [3.8, 4) is 0 Å². The van der Waals surface area contributed by atoms with Crippen LogP contribution < -0.4 is 0 Å². The van der Waals surface area contributed by atoms with Gasteiger partial charge >= 0.3 is 6.09 Å². The molecule has 0 saturated carbocycles. The molecule has 2 atom stereocenters. The topological polar surface area (TPSA) is 70.2 Å². The number of carbonyl (C=O) groups is 1. The molecule has 3 saturated heterocycles. The minimum absolute atomic E-state index is 0.0419. The van der Waals surface area contributed by atoms with Crippen LogP contribution in [0.3, 0.4) is 0 Å². The smallest absolute Gasteiger partial charge is 0.409 e. The molecule has 3 aliphatic heterocycles. The molecule has 2 aromatic rings. The van der Waals surface area contributed by atoms with Crippen LogP contribution in [0, 0.1) is 11.6 Å². The molecule has 0 aromatic heterocycles. The number of amides is 1. The molecule has 0 bridgehead atoms. The van der Waals surface area contributed by atoms with Crippen molar-refractivity contribution in [3.05, 3.63) is 64.7 Å². The molecule has 3 fully saturated rings. The van der Waals surface area contributed by atoms with Crippen molar-refractivity contribution >= 4 is 27.7 Å². The summed E-state index contributed by atoms with van der Waals surface area (Å²) in [7, 11) is -4.21. The molecule has 0 radical (unpaired) electrons. The molecule has 2 aromatic carbocycles. The van der Waals surface area contributed by atoms with E-state index in [0.29, 0.717) is 56.9 Å². The molecular formula is C30H37ClF3N3O4S. The van der Waals surface area contributed by atoms with Crippen molar-refractivity contribution in [2.45, 2.75) is 80.6 Å². The SMILES string of the molecule is CC1(F)CCN(C2CCN(C(=O)OC[C@H]3CCCC(c4cccc(F)c4F)N3S(=O)(=O)c3ccc(Cl)cc3)CC2)CC1. The summed E-state index contributed by atoms with van der Waals surface area (Å²) in [5.41, 5.74) is -1.18. The van der Waals surface area contributed by atoms with Crippen LogP contribution in [0.2, 0.25) is 5.02 Å². The van der Waals surface area contributed by atoms with E-state index in [2.05, 4.69) is 4.90 Å². The Morgan fingerprint density at radius 2 is 1.67 bits per heavy atom. The Balaban J connectivity index is 1.29. The first kappa shape index (κ1) is 31.1. The minimum atomic E-state index is -4.21. The first-order valence-corrected chi connectivity index (χ1v) is 16.4. The van der Waals surface area contributed by atoms with Gasteiger partial charge in [-0.25, -0.2) is 26.4 Å². The number of likely N-dealkylation sites (tertiary alicyclic amines) is 2. The average Bonchev–Trinajstić information content (AvgIpc) is 2.97. The van der Waals surface area contributed by atoms with Gasteiger partial charge in [0.15, 0.2) is 11.6 Å². The molecule has 230 valence electrons. The number of piperidine rings is 3. The zero-order chi connectivity index (χ0) is 30.1. The largest absolute Gasteiger partial charge is 0.448 e. The van der Waals surface area contributed by atoms with Crippen LogP contribution in [0.1, 0.15) is 63.5 Å². The minimum Gasteiger partial charge on any atom is -0.448 e. The number of nitrogens with zero attached hydrogens (tertiary/aromatic N) is 3. The van der Waals surface area contributed by atoms with Crippen molar-refractivity contribution in [1.82, 2.24) is 14.1 Å². The van der Waals surface area contributed by atoms with Crippen LogP contribution in [0.25, 0.3) is 0 Å². The molecule has 1 unspecified atom stereocenters. The van der Waals surface area contributed by atoms with Crippen molar-refractivity contribution in [2.24, 2.45) is 0 Å². The van der Waals surface area contributed by atoms with Gasteiger partial charge in [-0.15, -0.1) is 0 Å². The maximum Gasteiger partial charge on any atom is 0.409 e. The summed E-state index contributed by atoms with van der Waals surface area (Å²) in [6.07, 6.45) is 3.18. The molecule has 0 N–H and O–H groups in total. The van der Waals surface area contributed by atoms with Crippen LogP contribution in [0.5, 0.6) is 0 Å². The Kier molecular flexibility index (Phi) is 9.42. The van der Waals surface area contributed by atoms with E-state index >= 15 is 0 Å². The van der Waals surface area contributed by atoms with Gasteiger partial charge in [0.05, 0.1) is 17.0 Å². The number of alkyl halides is 1. The molecule has 0 aliphatic carbocycles. The predicted octanol–water partition coefficient (Wildman–Crippen LogP) is 6.33. The Morgan fingerprint density at radius 3 is 2.33 bits per heavy atom. The molecular weight excluding hydrogens is 591 g/mol. The van der Waals surface area contributed by atoms with Gasteiger partial charge in [0.1, 0.15) is 12.3 Å². The molecule has 0 spiro atoms. The van der Waals surface area contributed by atoms with Crippen LogP contribution in [-0.4, -0.2) is 79.2 Å². The Morgan fingerprint density at radius 1 is 1.00 bits per heavy atom. The van der Waals surface area contributed by atoms with Gasteiger partial charge in [-0.05, 0) is 82.2 Å². The number of carbonyl (C=O) groups excluding carboxylic acids is 1. The van der Waals surface area contributed by atoms with Crippen molar-refractivity contribution in [2.75, 3.05) is 32.8 Å². The highest BCUT2D eigenvalue weighted by Crippen LogP contribution is 2.40. The maximum atomic E-state index is 15.0. The molecule has 3 aliphatic rings. The van der Waals surface area contributed by atoms with Crippen LogP contribution in [-0.2, 0) is 14.8 Å². The zero-order valence-corrected chi connectivity index (χ0v) is 25.2. The average molecular weight is 628 g/mol. The number of hydrogen-bond acceptors (Lipinski definition) is 5. The number of halogens is 4. The lowest BCUT2D eigenvalue weighted by Gasteiger charge is -2.43. The second-order valence-electron chi connectivity index (χ2n) is 11.8. The lowest BCUT2D eigenvalue weighted by atomic mass is 9.92. The van der Waals surface area contributed by atoms with E-state index in [0.717, 1.165) is 18.9 Å². The van der Waals surface area contributed by atoms with E-state index in [1.54, 1.807) is 11.8 Å². The molecule has 1 amide bonds. The van der Waals surface area contributed by atoms with Crippen molar-refractivity contribution < 1.29 is 31.1 Å².